The minimum absolute atomic E-state index is 0.0716. The van der Waals surface area contributed by atoms with Crippen LogP contribution < -0.4 is 4.90 Å². The van der Waals surface area contributed by atoms with Gasteiger partial charge in [0.15, 0.2) is 0 Å². The van der Waals surface area contributed by atoms with Gasteiger partial charge < -0.3 is 14.4 Å². The van der Waals surface area contributed by atoms with Gasteiger partial charge in [0.1, 0.15) is 11.9 Å². The van der Waals surface area contributed by atoms with Crippen LogP contribution in [0.15, 0.2) is 67.1 Å². The van der Waals surface area contributed by atoms with E-state index in [9.17, 15) is 9.18 Å². The molecular formula is C22H23FN4O. The second kappa shape index (κ2) is 7.84. The molecule has 1 aliphatic rings. The van der Waals surface area contributed by atoms with E-state index >= 15 is 0 Å². The Hall–Kier alpha value is -3.15. The van der Waals surface area contributed by atoms with Gasteiger partial charge in [0.2, 0.25) is 5.91 Å². The molecule has 0 aliphatic carbocycles. The molecule has 28 heavy (non-hydrogen) atoms. The van der Waals surface area contributed by atoms with Crippen molar-refractivity contribution in [1.29, 1.82) is 0 Å². The fourth-order valence-electron chi connectivity index (χ4n) is 3.67. The highest BCUT2D eigenvalue weighted by atomic mass is 19.1. The minimum atomic E-state index is -0.417. The van der Waals surface area contributed by atoms with Crippen LogP contribution >= 0.6 is 0 Å². The zero-order chi connectivity index (χ0) is 19.5. The van der Waals surface area contributed by atoms with Crippen molar-refractivity contribution in [2.75, 3.05) is 31.1 Å². The van der Waals surface area contributed by atoms with Gasteiger partial charge in [-0.15, -0.1) is 0 Å². The number of hydrogen-bond donors (Lipinski definition) is 0. The second-order valence-electron chi connectivity index (χ2n) is 7.06. The van der Waals surface area contributed by atoms with Crippen LogP contribution in [0.4, 0.5) is 10.1 Å². The average molecular weight is 378 g/mol. The maximum atomic E-state index is 13.4. The average Bonchev–Trinajstić information content (AvgIpc) is 3.15. The van der Waals surface area contributed by atoms with Gasteiger partial charge in [-0.2, -0.15) is 0 Å². The normalized spacial score (nSPS) is 15.5. The third-order valence-electron chi connectivity index (χ3n) is 5.16. The van der Waals surface area contributed by atoms with Crippen molar-refractivity contribution in [1.82, 2.24) is 14.5 Å². The Morgan fingerprint density at radius 3 is 2.29 bits per heavy atom. The van der Waals surface area contributed by atoms with Crippen LogP contribution in [-0.4, -0.2) is 46.5 Å². The molecule has 1 fully saturated rings. The van der Waals surface area contributed by atoms with E-state index < -0.39 is 6.04 Å². The summed E-state index contributed by atoms with van der Waals surface area (Å²) in [5.74, 6) is -0.166. The minimum Gasteiger partial charge on any atom is -0.368 e. The van der Waals surface area contributed by atoms with Crippen molar-refractivity contribution in [2.45, 2.75) is 13.0 Å². The number of aromatic nitrogens is 2. The monoisotopic (exact) mass is 378 g/mol. The fourth-order valence-corrected chi connectivity index (χ4v) is 3.67. The van der Waals surface area contributed by atoms with Crippen molar-refractivity contribution in [3.05, 3.63) is 84.2 Å². The smallest absolute Gasteiger partial charge is 0.250 e. The van der Waals surface area contributed by atoms with Gasteiger partial charge in [0.05, 0.1) is 12.0 Å². The first-order valence-corrected chi connectivity index (χ1v) is 9.46. The Kier molecular flexibility index (Phi) is 5.10. The summed E-state index contributed by atoms with van der Waals surface area (Å²) in [6.07, 6.45) is 3.63. The van der Waals surface area contributed by atoms with Crippen molar-refractivity contribution < 1.29 is 9.18 Å². The van der Waals surface area contributed by atoms with Crippen LogP contribution in [0.2, 0.25) is 0 Å². The summed E-state index contributed by atoms with van der Waals surface area (Å²) in [7, 11) is 0. The molecule has 1 atom stereocenters. The largest absolute Gasteiger partial charge is 0.368 e. The van der Waals surface area contributed by atoms with E-state index in [2.05, 4.69) is 9.88 Å². The number of amides is 1. The summed E-state index contributed by atoms with van der Waals surface area (Å²) >= 11 is 0. The highest BCUT2D eigenvalue weighted by Gasteiger charge is 2.30. The fraction of sp³-hybridized carbons (Fsp3) is 0.273. The molecule has 1 amide bonds. The van der Waals surface area contributed by atoms with Crippen molar-refractivity contribution in [2.24, 2.45) is 0 Å². The number of carbonyl (C=O) groups is 1. The molecule has 0 radical (unpaired) electrons. The molecule has 1 aliphatic heterocycles. The quantitative estimate of drug-likeness (QED) is 0.700. The number of imidazole rings is 1. The van der Waals surface area contributed by atoms with Crippen molar-refractivity contribution >= 4 is 11.6 Å². The molecule has 0 saturated carbocycles. The second-order valence-corrected chi connectivity index (χ2v) is 7.06. The van der Waals surface area contributed by atoms with E-state index in [0.717, 1.165) is 30.0 Å². The van der Waals surface area contributed by atoms with Crippen LogP contribution in [-0.2, 0) is 4.79 Å². The molecule has 1 saturated heterocycles. The SMILES string of the molecule is Cc1cn(C(C(=O)N2CCN(c3ccc(F)cc3)CC2)c2ccccc2)cn1. The summed E-state index contributed by atoms with van der Waals surface area (Å²) in [5, 5.41) is 0. The molecule has 2 heterocycles. The number of rotatable bonds is 4. The van der Waals surface area contributed by atoms with Crippen LogP contribution in [0.1, 0.15) is 17.3 Å². The van der Waals surface area contributed by atoms with Crippen LogP contribution in [0.3, 0.4) is 0 Å². The lowest BCUT2D eigenvalue weighted by molar-refractivity contribution is -0.133. The number of anilines is 1. The molecule has 0 spiro atoms. The molecule has 0 bridgehead atoms. The molecule has 2 aromatic carbocycles. The molecule has 1 unspecified atom stereocenters. The lowest BCUT2D eigenvalue weighted by Gasteiger charge is -2.37. The van der Waals surface area contributed by atoms with Gasteiger partial charge in [-0.3, -0.25) is 4.79 Å². The Morgan fingerprint density at radius 2 is 1.68 bits per heavy atom. The molecule has 0 N–H and O–H groups in total. The number of nitrogens with zero attached hydrogens (tertiary/aromatic N) is 4. The predicted molar refractivity (Wildman–Crippen MR) is 107 cm³/mol. The first-order valence-electron chi connectivity index (χ1n) is 9.46. The summed E-state index contributed by atoms with van der Waals surface area (Å²) in [4.78, 5) is 21.8. The number of hydrogen-bond acceptors (Lipinski definition) is 3. The Balaban J connectivity index is 1.51. The van der Waals surface area contributed by atoms with E-state index in [0.29, 0.717) is 13.1 Å². The standard InChI is InChI=1S/C22H23FN4O/c1-17-15-27(16-24-17)21(18-5-3-2-4-6-18)22(28)26-13-11-25(12-14-26)20-9-7-19(23)8-10-20/h2-10,15-16,21H,11-14H2,1H3. The van der Waals surface area contributed by atoms with Gasteiger partial charge in [-0.1, -0.05) is 30.3 Å². The molecule has 4 rings (SSSR count). The first kappa shape index (κ1) is 18.2. The zero-order valence-electron chi connectivity index (χ0n) is 15.8. The van der Waals surface area contributed by atoms with Gasteiger partial charge in [-0.05, 0) is 36.8 Å². The molecule has 1 aromatic heterocycles. The van der Waals surface area contributed by atoms with Crippen LogP contribution in [0.5, 0.6) is 0 Å². The number of piperazine rings is 1. The van der Waals surface area contributed by atoms with Gasteiger partial charge in [0, 0.05) is 38.1 Å². The van der Waals surface area contributed by atoms with Gasteiger partial charge in [0.25, 0.3) is 0 Å². The molecule has 144 valence electrons. The van der Waals surface area contributed by atoms with Gasteiger partial charge >= 0.3 is 0 Å². The molecular weight excluding hydrogens is 355 g/mol. The van der Waals surface area contributed by atoms with E-state index in [-0.39, 0.29) is 11.7 Å². The maximum absolute atomic E-state index is 13.4. The number of aryl methyl sites for hydroxylation is 1. The number of benzene rings is 2. The van der Waals surface area contributed by atoms with Crippen LogP contribution in [0.25, 0.3) is 0 Å². The predicted octanol–water partition coefficient (Wildman–Crippen LogP) is 3.27. The lowest BCUT2D eigenvalue weighted by atomic mass is 10.0. The summed E-state index contributed by atoms with van der Waals surface area (Å²) in [6.45, 7) is 4.63. The van der Waals surface area contributed by atoms with Crippen molar-refractivity contribution in [3.63, 3.8) is 0 Å². The lowest BCUT2D eigenvalue weighted by Crippen LogP contribution is -2.50. The third kappa shape index (κ3) is 3.76. The summed E-state index contributed by atoms with van der Waals surface area (Å²) < 4.78 is 15.0. The Labute approximate surface area is 164 Å². The zero-order valence-corrected chi connectivity index (χ0v) is 15.8. The third-order valence-corrected chi connectivity index (χ3v) is 5.16. The molecule has 5 nitrogen and oxygen atoms in total. The number of halogens is 1. The summed E-state index contributed by atoms with van der Waals surface area (Å²) in [6, 6.07) is 15.9. The Bertz CT molecular complexity index is 931. The van der Waals surface area contributed by atoms with Crippen LogP contribution in [0, 0.1) is 12.7 Å². The van der Waals surface area contributed by atoms with E-state index in [1.54, 1.807) is 18.5 Å². The molecule has 6 heteroatoms. The van der Waals surface area contributed by atoms with E-state index in [1.165, 1.54) is 12.1 Å². The first-order chi connectivity index (χ1) is 13.6. The maximum Gasteiger partial charge on any atom is 0.250 e. The van der Waals surface area contributed by atoms with Crippen molar-refractivity contribution in [3.8, 4) is 0 Å². The Morgan fingerprint density at radius 1 is 1.00 bits per heavy atom. The van der Waals surface area contributed by atoms with E-state index in [4.69, 9.17) is 0 Å². The molecule has 3 aromatic rings. The van der Waals surface area contributed by atoms with E-state index in [1.807, 2.05) is 52.9 Å². The highest BCUT2D eigenvalue weighted by molar-refractivity contribution is 5.84. The topological polar surface area (TPSA) is 41.4 Å². The van der Waals surface area contributed by atoms with Gasteiger partial charge in [-0.25, -0.2) is 9.37 Å². The highest BCUT2D eigenvalue weighted by Crippen LogP contribution is 2.23. The summed E-state index contributed by atoms with van der Waals surface area (Å²) in [5.41, 5.74) is 2.82. The number of carbonyl (C=O) groups excluding carboxylic acids is 1.